The largest absolute Gasteiger partial charge is 0.368 e. The lowest BCUT2D eigenvalue weighted by Crippen LogP contribution is -2.54. The summed E-state index contributed by atoms with van der Waals surface area (Å²) < 4.78 is 0. The third-order valence-electron chi connectivity index (χ3n) is 4.80. The van der Waals surface area contributed by atoms with Crippen LogP contribution < -0.4 is 10.2 Å². The fraction of sp³-hybridized carbons (Fsp3) is 0.588. The molecular weight excluding hydrogens is 312 g/mol. The normalized spacial score (nSPS) is 20.6. The summed E-state index contributed by atoms with van der Waals surface area (Å²) in [6, 6.07) is 8.32. The molecule has 2 saturated heterocycles. The van der Waals surface area contributed by atoms with E-state index in [1.54, 1.807) is 0 Å². The summed E-state index contributed by atoms with van der Waals surface area (Å²) in [4.78, 5) is 19.0. The van der Waals surface area contributed by atoms with Crippen LogP contribution in [0.2, 0.25) is 5.02 Å². The van der Waals surface area contributed by atoms with Gasteiger partial charge in [-0.1, -0.05) is 11.6 Å². The van der Waals surface area contributed by atoms with Crippen LogP contribution in [0, 0.1) is 0 Å². The number of amides is 2. The number of benzene rings is 1. The van der Waals surface area contributed by atoms with Crippen LogP contribution in [0.15, 0.2) is 24.3 Å². The van der Waals surface area contributed by atoms with Crippen molar-refractivity contribution < 1.29 is 4.79 Å². The summed E-state index contributed by atoms with van der Waals surface area (Å²) in [5.74, 6) is 0. The molecule has 0 aliphatic carbocycles. The van der Waals surface area contributed by atoms with Crippen LogP contribution in [-0.4, -0.2) is 68.2 Å². The van der Waals surface area contributed by atoms with Gasteiger partial charge in [0.15, 0.2) is 0 Å². The number of likely N-dealkylation sites (tertiary alicyclic amines) is 1. The quantitative estimate of drug-likeness (QED) is 0.900. The molecule has 0 saturated carbocycles. The van der Waals surface area contributed by atoms with E-state index in [4.69, 9.17) is 11.6 Å². The zero-order valence-corrected chi connectivity index (χ0v) is 14.4. The minimum absolute atomic E-state index is 0.0929. The Morgan fingerprint density at radius 2 is 1.65 bits per heavy atom. The van der Waals surface area contributed by atoms with E-state index in [0.717, 1.165) is 57.1 Å². The number of hydrogen-bond acceptors (Lipinski definition) is 3. The lowest BCUT2D eigenvalue weighted by molar-refractivity contribution is 0.178. The lowest BCUT2D eigenvalue weighted by Gasteiger charge is -2.37. The van der Waals surface area contributed by atoms with E-state index in [1.165, 1.54) is 5.69 Å². The van der Waals surface area contributed by atoms with Gasteiger partial charge in [0.05, 0.1) is 0 Å². The first-order chi connectivity index (χ1) is 11.1. The van der Waals surface area contributed by atoms with Crippen molar-refractivity contribution in [2.45, 2.75) is 18.9 Å². The Hall–Kier alpha value is -1.46. The van der Waals surface area contributed by atoms with Crippen molar-refractivity contribution in [1.82, 2.24) is 15.1 Å². The third-order valence-corrected chi connectivity index (χ3v) is 5.06. The predicted octanol–water partition coefficient (Wildman–Crippen LogP) is 2.27. The highest BCUT2D eigenvalue weighted by Crippen LogP contribution is 2.19. The molecule has 23 heavy (non-hydrogen) atoms. The molecule has 3 rings (SSSR count). The van der Waals surface area contributed by atoms with E-state index in [2.05, 4.69) is 22.2 Å². The second kappa shape index (κ2) is 7.41. The van der Waals surface area contributed by atoms with E-state index in [9.17, 15) is 4.79 Å². The zero-order valence-electron chi connectivity index (χ0n) is 13.7. The molecule has 0 bridgehead atoms. The summed E-state index contributed by atoms with van der Waals surface area (Å²) in [7, 11) is 2.13. The van der Waals surface area contributed by atoms with Gasteiger partial charge in [0, 0.05) is 42.9 Å². The molecule has 5 nitrogen and oxygen atoms in total. The Morgan fingerprint density at radius 3 is 2.26 bits per heavy atom. The van der Waals surface area contributed by atoms with Gasteiger partial charge < -0.3 is 20.0 Å². The molecule has 0 spiro atoms. The first-order valence-corrected chi connectivity index (χ1v) is 8.74. The van der Waals surface area contributed by atoms with Crippen molar-refractivity contribution in [3.05, 3.63) is 29.3 Å². The summed E-state index contributed by atoms with van der Waals surface area (Å²) >= 11 is 5.93. The molecule has 126 valence electrons. The van der Waals surface area contributed by atoms with Crippen LogP contribution in [0.25, 0.3) is 0 Å². The number of piperidine rings is 1. The van der Waals surface area contributed by atoms with Gasteiger partial charge >= 0.3 is 6.03 Å². The van der Waals surface area contributed by atoms with Crippen LogP contribution in [0.3, 0.4) is 0 Å². The Balaban J connectivity index is 1.46. The van der Waals surface area contributed by atoms with E-state index in [-0.39, 0.29) is 6.03 Å². The fourth-order valence-electron chi connectivity index (χ4n) is 3.24. The molecule has 2 amide bonds. The smallest absolute Gasteiger partial charge is 0.317 e. The number of nitrogens with zero attached hydrogens (tertiary/aromatic N) is 3. The maximum atomic E-state index is 12.4. The van der Waals surface area contributed by atoms with E-state index in [0.29, 0.717) is 6.04 Å². The van der Waals surface area contributed by atoms with Gasteiger partial charge in [0.2, 0.25) is 0 Å². The number of urea groups is 1. The number of halogens is 1. The first kappa shape index (κ1) is 16.4. The van der Waals surface area contributed by atoms with E-state index < -0.39 is 0 Å². The maximum absolute atomic E-state index is 12.4. The fourth-order valence-corrected chi connectivity index (χ4v) is 3.36. The summed E-state index contributed by atoms with van der Waals surface area (Å²) in [5.41, 5.74) is 1.17. The Bertz CT molecular complexity index is 520. The molecule has 1 aromatic carbocycles. The molecular formula is C17H25ClN4O. The van der Waals surface area contributed by atoms with Crippen LogP contribution in [0.1, 0.15) is 12.8 Å². The highest BCUT2D eigenvalue weighted by molar-refractivity contribution is 6.30. The van der Waals surface area contributed by atoms with Crippen molar-refractivity contribution in [2.75, 3.05) is 51.2 Å². The van der Waals surface area contributed by atoms with Crippen LogP contribution in [0.5, 0.6) is 0 Å². The molecule has 0 radical (unpaired) electrons. The molecule has 0 unspecified atom stereocenters. The second-order valence-corrected chi connectivity index (χ2v) is 6.91. The highest BCUT2D eigenvalue weighted by Gasteiger charge is 2.24. The van der Waals surface area contributed by atoms with Crippen LogP contribution in [-0.2, 0) is 0 Å². The number of carbonyl (C=O) groups is 1. The van der Waals surface area contributed by atoms with Crippen molar-refractivity contribution in [1.29, 1.82) is 0 Å². The summed E-state index contributed by atoms with van der Waals surface area (Å²) in [5, 5.41) is 3.95. The van der Waals surface area contributed by atoms with Gasteiger partial charge in [-0.2, -0.15) is 0 Å². The van der Waals surface area contributed by atoms with Gasteiger partial charge in [-0.15, -0.1) is 0 Å². The standard InChI is InChI=1S/C17H25ClN4O/c1-20-8-6-15(7-9-20)19-17(23)22-12-10-21(11-13-22)16-4-2-14(18)3-5-16/h2-5,15H,6-13H2,1H3,(H,19,23). The van der Waals surface area contributed by atoms with E-state index in [1.807, 2.05) is 29.2 Å². The molecule has 0 aromatic heterocycles. The number of hydrogen-bond donors (Lipinski definition) is 1. The SMILES string of the molecule is CN1CCC(NC(=O)N2CCN(c3ccc(Cl)cc3)CC2)CC1. The number of carbonyl (C=O) groups excluding carboxylic acids is 1. The van der Waals surface area contributed by atoms with Gasteiger partial charge in [-0.05, 0) is 57.2 Å². The minimum atomic E-state index is 0.0929. The molecule has 1 aromatic rings. The van der Waals surface area contributed by atoms with Gasteiger partial charge in [-0.25, -0.2) is 4.79 Å². The first-order valence-electron chi connectivity index (χ1n) is 8.36. The number of piperazine rings is 1. The van der Waals surface area contributed by atoms with Crippen molar-refractivity contribution in [3.8, 4) is 0 Å². The molecule has 0 atom stereocenters. The average Bonchev–Trinajstić information content (AvgIpc) is 2.58. The molecule has 2 aliphatic heterocycles. The van der Waals surface area contributed by atoms with Gasteiger partial charge in [-0.3, -0.25) is 0 Å². The molecule has 1 N–H and O–H groups in total. The lowest BCUT2D eigenvalue weighted by atomic mass is 10.1. The number of rotatable bonds is 2. The molecule has 2 fully saturated rings. The van der Waals surface area contributed by atoms with E-state index >= 15 is 0 Å². The third kappa shape index (κ3) is 4.30. The number of nitrogens with one attached hydrogen (secondary N) is 1. The summed E-state index contributed by atoms with van der Waals surface area (Å²) in [6.45, 7) is 5.39. The Kier molecular flexibility index (Phi) is 5.28. The molecule has 6 heteroatoms. The van der Waals surface area contributed by atoms with Crippen molar-refractivity contribution in [3.63, 3.8) is 0 Å². The molecule has 2 heterocycles. The van der Waals surface area contributed by atoms with Crippen molar-refractivity contribution >= 4 is 23.3 Å². The predicted molar refractivity (Wildman–Crippen MR) is 94.3 cm³/mol. The number of anilines is 1. The second-order valence-electron chi connectivity index (χ2n) is 6.48. The van der Waals surface area contributed by atoms with Gasteiger partial charge in [0.1, 0.15) is 0 Å². The highest BCUT2D eigenvalue weighted by atomic mass is 35.5. The average molecular weight is 337 g/mol. The summed E-state index contributed by atoms with van der Waals surface area (Å²) in [6.07, 6.45) is 2.10. The molecule has 2 aliphatic rings. The van der Waals surface area contributed by atoms with Crippen LogP contribution in [0.4, 0.5) is 10.5 Å². The monoisotopic (exact) mass is 336 g/mol. The van der Waals surface area contributed by atoms with Crippen LogP contribution >= 0.6 is 11.6 Å². The topological polar surface area (TPSA) is 38.8 Å². The van der Waals surface area contributed by atoms with Gasteiger partial charge in [0.25, 0.3) is 0 Å². The maximum Gasteiger partial charge on any atom is 0.317 e. The Labute approximate surface area is 143 Å². The zero-order chi connectivity index (χ0) is 16.2. The van der Waals surface area contributed by atoms with Crippen molar-refractivity contribution in [2.24, 2.45) is 0 Å². The minimum Gasteiger partial charge on any atom is -0.368 e. The Morgan fingerprint density at radius 1 is 1.04 bits per heavy atom.